The summed E-state index contributed by atoms with van der Waals surface area (Å²) in [6.07, 6.45) is -2.59. The fourth-order valence-electron chi connectivity index (χ4n) is 3.70. The predicted molar refractivity (Wildman–Crippen MR) is 131 cm³/mol. The molecule has 0 fully saturated rings. The summed E-state index contributed by atoms with van der Waals surface area (Å²) < 4.78 is 68.4. The van der Waals surface area contributed by atoms with Crippen LogP contribution in [0.1, 0.15) is 23.3 Å². The number of halogens is 4. The lowest BCUT2D eigenvalue weighted by Gasteiger charge is -2.14. The number of nitrogens with zero attached hydrogens (tertiary/aromatic N) is 1. The summed E-state index contributed by atoms with van der Waals surface area (Å²) in [7, 11) is 1.36. The van der Waals surface area contributed by atoms with Gasteiger partial charge in [0.2, 0.25) is 5.43 Å². The molecule has 0 atom stereocenters. The van der Waals surface area contributed by atoms with E-state index in [1.807, 2.05) is 6.07 Å². The van der Waals surface area contributed by atoms with Crippen molar-refractivity contribution in [2.45, 2.75) is 12.6 Å². The van der Waals surface area contributed by atoms with Crippen molar-refractivity contribution in [2.24, 2.45) is 0 Å². The minimum absolute atomic E-state index is 0.0225. The van der Waals surface area contributed by atoms with Gasteiger partial charge in [-0.25, -0.2) is 4.39 Å². The summed E-state index contributed by atoms with van der Waals surface area (Å²) in [6.45, 7) is -0.620. The molecular formula is C28H19F4NO4. The minimum Gasteiger partial charge on any atom is -0.493 e. The SMILES string of the molecule is COc1cccc(C=Cc2oc3cc(F)ccc3c(=O)c2-c2ccc(C#N)cc2)c1OCCC(F)(F)F. The number of hydrogen-bond acceptors (Lipinski definition) is 5. The van der Waals surface area contributed by atoms with Gasteiger partial charge in [0.1, 0.15) is 17.2 Å². The maximum atomic E-state index is 13.9. The Kier molecular flexibility index (Phi) is 7.30. The minimum atomic E-state index is -4.39. The molecule has 9 heteroatoms. The van der Waals surface area contributed by atoms with Crippen LogP contribution in [0.2, 0.25) is 0 Å². The quantitative estimate of drug-likeness (QED) is 0.251. The van der Waals surface area contributed by atoms with Crippen molar-refractivity contribution in [1.82, 2.24) is 0 Å². The van der Waals surface area contributed by atoms with E-state index in [9.17, 15) is 22.4 Å². The Balaban J connectivity index is 1.83. The molecule has 0 aliphatic heterocycles. The highest BCUT2D eigenvalue weighted by atomic mass is 19.4. The molecule has 0 saturated carbocycles. The van der Waals surface area contributed by atoms with E-state index in [4.69, 9.17) is 19.2 Å². The lowest BCUT2D eigenvalue weighted by Crippen LogP contribution is -2.13. The molecule has 0 bridgehead atoms. The first-order chi connectivity index (χ1) is 17.7. The molecule has 37 heavy (non-hydrogen) atoms. The van der Waals surface area contributed by atoms with Crippen molar-refractivity contribution in [3.8, 4) is 28.7 Å². The molecule has 0 saturated heterocycles. The molecule has 0 aliphatic rings. The van der Waals surface area contributed by atoms with E-state index in [1.165, 1.54) is 25.3 Å². The van der Waals surface area contributed by atoms with Crippen LogP contribution in [-0.4, -0.2) is 19.9 Å². The molecule has 1 aromatic heterocycles. The highest BCUT2D eigenvalue weighted by Gasteiger charge is 2.27. The van der Waals surface area contributed by atoms with Crippen LogP contribution in [0.4, 0.5) is 17.6 Å². The number of methoxy groups -OCH3 is 1. The second kappa shape index (κ2) is 10.6. The number of fused-ring (bicyclic) bond motifs is 1. The topological polar surface area (TPSA) is 72.5 Å². The standard InChI is InChI=1S/C28H19F4NO4/c1-35-23-4-2-3-19(27(23)36-14-13-28(30,31)32)9-12-22-25(18-7-5-17(16-33)6-8-18)26(34)21-11-10-20(29)15-24(21)37-22/h2-12,15H,13-14H2,1H3. The number of hydrogen-bond donors (Lipinski definition) is 0. The van der Waals surface area contributed by atoms with E-state index in [-0.39, 0.29) is 33.8 Å². The van der Waals surface area contributed by atoms with Crippen LogP contribution < -0.4 is 14.9 Å². The predicted octanol–water partition coefficient (Wildman–Crippen LogP) is 6.98. The summed E-state index contributed by atoms with van der Waals surface area (Å²) in [6, 6.07) is 16.6. The van der Waals surface area contributed by atoms with Gasteiger partial charge in [-0.1, -0.05) is 24.3 Å². The van der Waals surface area contributed by atoms with Gasteiger partial charge in [0, 0.05) is 11.6 Å². The first-order valence-corrected chi connectivity index (χ1v) is 11.0. The Morgan fingerprint density at radius 3 is 2.49 bits per heavy atom. The summed E-state index contributed by atoms with van der Waals surface area (Å²) >= 11 is 0. The zero-order valence-corrected chi connectivity index (χ0v) is 19.4. The average Bonchev–Trinajstić information content (AvgIpc) is 2.87. The molecule has 5 nitrogen and oxygen atoms in total. The summed E-state index contributed by atoms with van der Waals surface area (Å²) in [5.41, 5.74) is 1.000. The zero-order valence-electron chi connectivity index (χ0n) is 19.4. The van der Waals surface area contributed by atoms with E-state index in [0.717, 1.165) is 12.1 Å². The number of nitriles is 1. The maximum absolute atomic E-state index is 13.9. The van der Waals surface area contributed by atoms with Gasteiger partial charge in [-0.3, -0.25) is 4.79 Å². The van der Waals surface area contributed by atoms with Crippen molar-refractivity contribution in [2.75, 3.05) is 13.7 Å². The second-order valence-corrected chi connectivity index (χ2v) is 7.93. The Morgan fingerprint density at radius 1 is 1.05 bits per heavy atom. The van der Waals surface area contributed by atoms with Crippen LogP contribution >= 0.6 is 0 Å². The van der Waals surface area contributed by atoms with E-state index in [2.05, 4.69) is 0 Å². The summed E-state index contributed by atoms with van der Waals surface area (Å²) in [4.78, 5) is 13.4. The van der Waals surface area contributed by atoms with Crippen LogP contribution in [-0.2, 0) is 0 Å². The average molecular weight is 509 g/mol. The van der Waals surface area contributed by atoms with Crippen LogP contribution in [0.5, 0.6) is 11.5 Å². The third kappa shape index (κ3) is 5.81. The van der Waals surface area contributed by atoms with E-state index < -0.39 is 30.5 Å². The van der Waals surface area contributed by atoms with E-state index in [0.29, 0.717) is 16.7 Å². The third-order valence-electron chi connectivity index (χ3n) is 5.46. The first kappa shape index (κ1) is 25.5. The Hall–Kier alpha value is -4.58. The van der Waals surface area contributed by atoms with Gasteiger partial charge in [-0.2, -0.15) is 18.4 Å². The van der Waals surface area contributed by atoms with Gasteiger partial charge >= 0.3 is 6.18 Å². The summed E-state index contributed by atoms with van der Waals surface area (Å²) in [5, 5.41) is 9.26. The molecule has 0 N–H and O–H groups in total. The van der Waals surface area contributed by atoms with Crippen LogP contribution in [0, 0.1) is 17.1 Å². The highest BCUT2D eigenvalue weighted by Crippen LogP contribution is 2.34. The molecule has 3 aromatic carbocycles. The lowest BCUT2D eigenvalue weighted by atomic mass is 10.00. The van der Waals surface area contributed by atoms with Crippen molar-refractivity contribution in [1.29, 1.82) is 5.26 Å². The fourth-order valence-corrected chi connectivity index (χ4v) is 3.70. The Bertz CT molecular complexity index is 1570. The number of rotatable bonds is 7. The zero-order chi connectivity index (χ0) is 26.6. The molecule has 188 valence electrons. The fraction of sp³-hybridized carbons (Fsp3) is 0.143. The van der Waals surface area contributed by atoms with Gasteiger partial charge in [-0.05, 0) is 48.0 Å². The third-order valence-corrected chi connectivity index (χ3v) is 5.46. The van der Waals surface area contributed by atoms with Gasteiger partial charge in [0.25, 0.3) is 0 Å². The monoisotopic (exact) mass is 509 g/mol. The van der Waals surface area contributed by atoms with Gasteiger partial charge in [0.05, 0.1) is 42.7 Å². The second-order valence-electron chi connectivity index (χ2n) is 7.93. The molecule has 1 heterocycles. The van der Waals surface area contributed by atoms with Gasteiger partial charge in [-0.15, -0.1) is 0 Å². The smallest absolute Gasteiger partial charge is 0.392 e. The van der Waals surface area contributed by atoms with Crippen molar-refractivity contribution >= 4 is 23.1 Å². The number of para-hydroxylation sites is 1. The molecular weight excluding hydrogens is 490 g/mol. The molecule has 0 amide bonds. The number of alkyl halides is 3. The largest absolute Gasteiger partial charge is 0.493 e. The Morgan fingerprint density at radius 2 is 1.81 bits per heavy atom. The van der Waals surface area contributed by atoms with Gasteiger partial charge < -0.3 is 13.9 Å². The lowest BCUT2D eigenvalue weighted by molar-refractivity contribution is -0.139. The molecule has 0 unspecified atom stereocenters. The summed E-state index contributed by atoms with van der Waals surface area (Å²) in [5.74, 6) is -0.208. The number of ether oxygens (including phenoxy) is 2. The number of benzene rings is 3. The van der Waals surface area contributed by atoms with Crippen molar-refractivity contribution in [3.05, 3.63) is 93.6 Å². The molecule has 0 spiro atoms. The molecule has 4 rings (SSSR count). The molecule has 4 aromatic rings. The van der Waals surface area contributed by atoms with Crippen molar-refractivity contribution in [3.63, 3.8) is 0 Å². The van der Waals surface area contributed by atoms with Crippen LogP contribution in [0.25, 0.3) is 34.2 Å². The molecule has 0 radical (unpaired) electrons. The first-order valence-electron chi connectivity index (χ1n) is 11.0. The highest BCUT2D eigenvalue weighted by molar-refractivity contribution is 5.87. The van der Waals surface area contributed by atoms with E-state index in [1.54, 1.807) is 42.5 Å². The van der Waals surface area contributed by atoms with Crippen molar-refractivity contribution < 1.29 is 31.5 Å². The Labute approximate surface area is 208 Å². The normalized spacial score (nSPS) is 11.6. The maximum Gasteiger partial charge on any atom is 0.392 e. The van der Waals surface area contributed by atoms with Gasteiger partial charge in [0.15, 0.2) is 11.5 Å². The van der Waals surface area contributed by atoms with E-state index >= 15 is 0 Å². The van der Waals surface area contributed by atoms with Crippen LogP contribution in [0.3, 0.4) is 0 Å². The van der Waals surface area contributed by atoms with Crippen LogP contribution in [0.15, 0.2) is 69.9 Å². The molecule has 0 aliphatic carbocycles.